The minimum atomic E-state index is -0.944. The lowest BCUT2D eigenvalue weighted by molar-refractivity contribution is -0.136. The first-order valence-electron chi connectivity index (χ1n) is 6.24. The van der Waals surface area contributed by atoms with Gasteiger partial charge in [-0.3, -0.25) is 4.79 Å². The number of nitrogens with one attached hydrogen (secondary N) is 2. The van der Waals surface area contributed by atoms with E-state index in [4.69, 9.17) is 9.84 Å². The van der Waals surface area contributed by atoms with E-state index < -0.39 is 17.6 Å². The molecule has 0 heterocycles. The van der Waals surface area contributed by atoms with Crippen molar-refractivity contribution in [2.75, 3.05) is 19.0 Å². The van der Waals surface area contributed by atoms with E-state index in [0.29, 0.717) is 17.8 Å². The van der Waals surface area contributed by atoms with Crippen molar-refractivity contribution in [2.24, 2.45) is 0 Å². The summed E-state index contributed by atoms with van der Waals surface area (Å²) < 4.78 is 5.19. The lowest BCUT2D eigenvalue weighted by atomic mass is 10.1. The second kappa shape index (κ2) is 6.91. The molecule has 1 aromatic rings. The lowest BCUT2D eigenvalue weighted by Gasteiger charge is -2.23. The number of carboxylic acid groups (broad SMARTS) is 1. The maximum absolute atomic E-state index is 11.8. The Morgan fingerprint density at radius 1 is 1.30 bits per heavy atom. The highest BCUT2D eigenvalue weighted by Gasteiger charge is 2.17. The number of carboxylic acids is 1. The van der Waals surface area contributed by atoms with Gasteiger partial charge in [0, 0.05) is 19.3 Å². The number of amides is 2. The second-order valence-corrected chi connectivity index (χ2v) is 5.00. The molecule has 1 aromatic carbocycles. The van der Waals surface area contributed by atoms with E-state index in [1.54, 1.807) is 31.4 Å². The van der Waals surface area contributed by atoms with Crippen molar-refractivity contribution in [3.63, 3.8) is 0 Å². The molecule has 0 aliphatic rings. The number of carbonyl (C=O) groups is 2. The summed E-state index contributed by atoms with van der Waals surface area (Å²) in [5, 5.41) is 14.1. The third-order valence-electron chi connectivity index (χ3n) is 2.83. The van der Waals surface area contributed by atoms with Gasteiger partial charge < -0.3 is 20.5 Å². The number of carbonyl (C=O) groups excluding carboxylic acids is 1. The summed E-state index contributed by atoms with van der Waals surface area (Å²) in [6.07, 6.45) is -0.139. The average Bonchev–Trinajstić information content (AvgIpc) is 2.38. The zero-order valence-corrected chi connectivity index (χ0v) is 11.9. The molecule has 1 rings (SSSR count). The lowest BCUT2D eigenvalue weighted by Crippen LogP contribution is -2.41. The van der Waals surface area contributed by atoms with E-state index in [9.17, 15) is 9.59 Å². The summed E-state index contributed by atoms with van der Waals surface area (Å²) in [6.45, 7) is 4.05. The summed E-state index contributed by atoms with van der Waals surface area (Å²) in [6, 6.07) is 6.41. The van der Waals surface area contributed by atoms with Crippen LogP contribution in [0.4, 0.5) is 10.5 Å². The Balaban J connectivity index is 2.64. The van der Waals surface area contributed by atoms with Crippen molar-refractivity contribution in [2.45, 2.75) is 25.9 Å². The van der Waals surface area contributed by atoms with Crippen LogP contribution >= 0.6 is 0 Å². The number of ether oxygens (including phenoxy) is 1. The molecule has 0 fully saturated rings. The molecule has 0 radical (unpaired) electrons. The summed E-state index contributed by atoms with van der Waals surface area (Å²) in [5.41, 5.74) is 0.585. The van der Waals surface area contributed by atoms with Gasteiger partial charge in [-0.05, 0) is 25.5 Å². The number of anilines is 1. The molecule has 3 N–H and O–H groups in total. The molecule has 20 heavy (non-hydrogen) atoms. The third kappa shape index (κ3) is 5.27. The minimum Gasteiger partial charge on any atom is -0.481 e. The first kappa shape index (κ1) is 16.0. The summed E-state index contributed by atoms with van der Waals surface area (Å²) in [5.74, 6) is -0.944. The highest BCUT2D eigenvalue weighted by Crippen LogP contribution is 2.15. The molecule has 0 atom stereocenters. The Morgan fingerprint density at radius 3 is 2.55 bits per heavy atom. The predicted octanol–water partition coefficient (Wildman–Crippen LogP) is 1.86. The molecule has 110 valence electrons. The van der Waals surface area contributed by atoms with Crippen LogP contribution in [0.3, 0.4) is 0 Å². The van der Waals surface area contributed by atoms with E-state index in [1.807, 2.05) is 13.8 Å². The van der Waals surface area contributed by atoms with Crippen LogP contribution in [0.2, 0.25) is 0 Å². The van der Waals surface area contributed by atoms with Gasteiger partial charge in [-0.25, -0.2) is 4.79 Å². The van der Waals surface area contributed by atoms with Gasteiger partial charge in [-0.2, -0.15) is 0 Å². The van der Waals surface area contributed by atoms with Crippen LogP contribution < -0.4 is 10.6 Å². The molecule has 0 aliphatic carbocycles. The average molecular weight is 280 g/mol. The number of urea groups is 1. The van der Waals surface area contributed by atoms with Crippen LogP contribution in [0.1, 0.15) is 19.4 Å². The van der Waals surface area contributed by atoms with Gasteiger partial charge in [0.25, 0.3) is 0 Å². The third-order valence-corrected chi connectivity index (χ3v) is 2.83. The largest absolute Gasteiger partial charge is 0.481 e. The Kier molecular flexibility index (Phi) is 5.52. The quantitative estimate of drug-likeness (QED) is 0.742. The van der Waals surface area contributed by atoms with Crippen molar-refractivity contribution in [3.05, 3.63) is 29.8 Å². The van der Waals surface area contributed by atoms with Crippen LogP contribution in [0.5, 0.6) is 0 Å². The summed E-state index contributed by atoms with van der Waals surface area (Å²) in [4.78, 5) is 22.5. The highest BCUT2D eigenvalue weighted by atomic mass is 16.5. The topological polar surface area (TPSA) is 87.7 Å². The summed E-state index contributed by atoms with van der Waals surface area (Å²) >= 11 is 0. The zero-order valence-electron chi connectivity index (χ0n) is 11.9. The van der Waals surface area contributed by atoms with Gasteiger partial charge in [-0.1, -0.05) is 18.2 Å². The molecule has 0 bridgehead atoms. The van der Waals surface area contributed by atoms with Crippen LogP contribution in [0.15, 0.2) is 24.3 Å². The molecule has 0 aromatic heterocycles. The molecule has 0 aliphatic heterocycles. The molecular weight excluding hydrogens is 260 g/mol. The Morgan fingerprint density at radius 2 is 1.95 bits per heavy atom. The van der Waals surface area contributed by atoms with E-state index in [0.717, 1.165) is 0 Å². The Hall–Kier alpha value is -2.08. The smallest absolute Gasteiger partial charge is 0.319 e. The van der Waals surface area contributed by atoms with E-state index in [2.05, 4.69) is 10.6 Å². The monoisotopic (exact) mass is 280 g/mol. The first-order chi connectivity index (χ1) is 9.34. The van der Waals surface area contributed by atoms with Crippen LogP contribution in [0.25, 0.3) is 0 Å². The maximum atomic E-state index is 11.8. The number of methoxy groups -OCH3 is 1. The molecule has 0 saturated carbocycles. The van der Waals surface area contributed by atoms with Gasteiger partial charge in [0.1, 0.15) is 0 Å². The number of benzene rings is 1. The van der Waals surface area contributed by atoms with Crippen molar-refractivity contribution < 1.29 is 19.4 Å². The summed E-state index contributed by atoms with van der Waals surface area (Å²) in [7, 11) is 1.57. The molecule has 0 spiro atoms. The van der Waals surface area contributed by atoms with Crippen molar-refractivity contribution in [1.82, 2.24) is 5.32 Å². The number of hydrogen-bond acceptors (Lipinski definition) is 3. The SMILES string of the molecule is COC(C)(C)CNC(=O)Nc1ccccc1CC(=O)O. The first-order valence-corrected chi connectivity index (χ1v) is 6.24. The number of rotatable bonds is 6. The molecule has 6 nitrogen and oxygen atoms in total. The van der Waals surface area contributed by atoms with Crippen molar-refractivity contribution in [3.8, 4) is 0 Å². The van der Waals surface area contributed by atoms with Crippen molar-refractivity contribution >= 4 is 17.7 Å². The van der Waals surface area contributed by atoms with Gasteiger partial charge in [-0.15, -0.1) is 0 Å². The fraction of sp³-hybridized carbons (Fsp3) is 0.429. The maximum Gasteiger partial charge on any atom is 0.319 e. The van der Waals surface area contributed by atoms with Crippen LogP contribution in [0, 0.1) is 0 Å². The van der Waals surface area contributed by atoms with Gasteiger partial charge in [0.05, 0.1) is 12.0 Å². The number of aliphatic carboxylic acids is 1. The minimum absolute atomic E-state index is 0.139. The molecule has 2 amide bonds. The van der Waals surface area contributed by atoms with E-state index >= 15 is 0 Å². The van der Waals surface area contributed by atoms with Crippen LogP contribution in [-0.2, 0) is 16.0 Å². The highest BCUT2D eigenvalue weighted by molar-refractivity contribution is 5.90. The molecular formula is C14H20N2O4. The fourth-order valence-electron chi connectivity index (χ4n) is 1.49. The number of para-hydroxylation sites is 1. The normalized spacial score (nSPS) is 10.9. The standard InChI is InChI=1S/C14H20N2O4/c1-14(2,20-3)9-15-13(19)16-11-7-5-4-6-10(11)8-12(17)18/h4-7H,8-9H2,1-3H3,(H,17,18)(H2,15,16,19). The van der Waals surface area contributed by atoms with E-state index in [-0.39, 0.29) is 6.42 Å². The van der Waals surface area contributed by atoms with Gasteiger partial charge in [0.15, 0.2) is 0 Å². The van der Waals surface area contributed by atoms with Crippen LogP contribution in [-0.4, -0.2) is 36.4 Å². The Bertz CT molecular complexity index is 486. The zero-order chi connectivity index (χ0) is 15.2. The molecule has 0 unspecified atom stereocenters. The fourth-order valence-corrected chi connectivity index (χ4v) is 1.49. The van der Waals surface area contributed by atoms with Gasteiger partial charge in [0.2, 0.25) is 0 Å². The van der Waals surface area contributed by atoms with Gasteiger partial charge >= 0.3 is 12.0 Å². The second-order valence-electron chi connectivity index (χ2n) is 5.00. The van der Waals surface area contributed by atoms with E-state index in [1.165, 1.54) is 0 Å². The number of hydrogen-bond donors (Lipinski definition) is 3. The molecule has 6 heteroatoms. The molecule has 0 saturated heterocycles. The van der Waals surface area contributed by atoms with Crippen molar-refractivity contribution in [1.29, 1.82) is 0 Å². The predicted molar refractivity (Wildman–Crippen MR) is 75.9 cm³/mol. The Labute approximate surface area is 118 Å².